The Bertz CT molecular complexity index is 317. The van der Waals surface area contributed by atoms with E-state index in [0.29, 0.717) is 11.3 Å². The summed E-state index contributed by atoms with van der Waals surface area (Å²) in [5.74, 6) is 3.21. The molecule has 0 aliphatic heterocycles. The summed E-state index contributed by atoms with van der Waals surface area (Å²) < 4.78 is 0. The third kappa shape index (κ3) is 2.07. The molecular weight excluding hydrogens is 220 g/mol. The van der Waals surface area contributed by atoms with Crippen molar-refractivity contribution in [3.05, 3.63) is 0 Å². The molecule has 0 heterocycles. The van der Waals surface area contributed by atoms with Crippen LogP contribution in [0.15, 0.2) is 0 Å². The van der Waals surface area contributed by atoms with Gasteiger partial charge in [0.05, 0.1) is 12.0 Å². The summed E-state index contributed by atoms with van der Waals surface area (Å²) in [4.78, 5) is 2.23. The summed E-state index contributed by atoms with van der Waals surface area (Å²) in [6.07, 6.45) is 9.61. The normalized spacial score (nSPS) is 43.1. The van der Waals surface area contributed by atoms with Gasteiger partial charge in [-0.3, -0.25) is 0 Å². The minimum Gasteiger partial charge on any atom is -0.309 e. The monoisotopic (exact) mass is 246 g/mol. The zero-order valence-corrected chi connectivity index (χ0v) is 11.9. The highest BCUT2D eigenvalue weighted by Crippen LogP contribution is 2.63. The first-order valence-corrected chi connectivity index (χ1v) is 7.65. The molecule has 0 radical (unpaired) electrons. The van der Waals surface area contributed by atoms with Gasteiger partial charge in [0.2, 0.25) is 0 Å². The Hall–Kier alpha value is -0.550. The molecular formula is C16H26N2. The molecule has 1 unspecified atom stereocenters. The topological polar surface area (TPSA) is 27.0 Å². The Morgan fingerprint density at radius 1 is 1.11 bits per heavy atom. The first-order chi connectivity index (χ1) is 8.61. The van der Waals surface area contributed by atoms with Crippen LogP contribution >= 0.6 is 0 Å². The summed E-state index contributed by atoms with van der Waals surface area (Å²) in [7, 11) is 4.24. The zero-order valence-electron chi connectivity index (χ0n) is 11.9. The van der Waals surface area contributed by atoms with E-state index in [-0.39, 0.29) is 0 Å². The van der Waals surface area contributed by atoms with Crippen LogP contribution in [0.5, 0.6) is 0 Å². The molecule has 0 saturated heterocycles. The van der Waals surface area contributed by atoms with E-state index < -0.39 is 0 Å². The Labute approximate surface area is 111 Å². The molecule has 2 nitrogen and oxygen atoms in total. The van der Waals surface area contributed by atoms with Crippen LogP contribution in [-0.4, -0.2) is 25.5 Å². The molecule has 4 aliphatic carbocycles. The molecule has 0 N–H and O–H groups in total. The van der Waals surface area contributed by atoms with Gasteiger partial charge in [-0.05, 0) is 88.8 Å². The lowest BCUT2D eigenvalue weighted by Gasteiger charge is -2.58. The maximum absolute atomic E-state index is 9.63. The van der Waals surface area contributed by atoms with E-state index in [1.54, 1.807) is 0 Å². The predicted octanol–water partition coefficient (Wildman–Crippen LogP) is 3.29. The summed E-state index contributed by atoms with van der Waals surface area (Å²) in [5.41, 5.74) is 0.416. The molecule has 4 aliphatic rings. The fourth-order valence-electron chi connectivity index (χ4n) is 5.50. The zero-order chi connectivity index (χ0) is 12.8. The third-order valence-corrected chi connectivity index (χ3v) is 5.85. The fraction of sp³-hybridized carbons (Fsp3) is 0.938. The first kappa shape index (κ1) is 12.5. The first-order valence-electron chi connectivity index (χ1n) is 7.65. The van der Waals surface area contributed by atoms with Crippen molar-refractivity contribution in [1.29, 1.82) is 5.26 Å². The second kappa shape index (κ2) is 4.53. The van der Waals surface area contributed by atoms with E-state index in [2.05, 4.69) is 25.1 Å². The SMILES string of the molecule is CN(C)CCC(C#N)C12CC3CC(CC(C3)C1)C2. The van der Waals surface area contributed by atoms with Crippen LogP contribution in [0.2, 0.25) is 0 Å². The average molecular weight is 246 g/mol. The molecule has 0 aromatic rings. The molecule has 18 heavy (non-hydrogen) atoms. The van der Waals surface area contributed by atoms with Gasteiger partial charge < -0.3 is 4.90 Å². The predicted molar refractivity (Wildman–Crippen MR) is 72.9 cm³/mol. The van der Waals surface area contributed by atoms with Gasteiger partial charge in [0, 0.05) is 0 Å². The van der Waals surface area contributed by atoms with Crippen molar-refractivity contribution in [2.45, 2.75) is 44.9 Å². The highest BCUT2D eigenvalue weighted by Gasteiger charge is 2.54. The van der Waals surface area contributed by atoms with E-state index in [9.17, 15) is 5.26 Å². The summed E-state index contributed by atoms with van der Waals surface area (Å²) >= 11 is 0. The average Bonchev–Trinajstić information content (AvgIpc) is 2.26. The van der Waals surface area contributed by atoms with Gasteiger partial charge in [-0.25, -0.2) is 0 Å². The molecule has 2 heteroatoms. The van der Waals surface area contributed by atoms with Gasteiger partial charge in [-0.2, -0.15) is 5.26 Å². The quantitative estimate of drug-likeness (QED) is 0.761. The van der Waals surface area contributed by atoms with Gasteiger partial charge >= 0.3 is 0 Å². The molecule has 1 atom stereocenters. The number of hydrogen-bond donors (Lipinski definition) is 0. The molecule has 4 bridgehead atoms. The van der Waals surface area contributed by atoms with Crippen LogP contribution in [0.1, 0.15) is 44.9 Å². The van der Waals surface area contributed by atoms with Crippen molar-refractivity contribution in [1.82, 2.24) is 4.90 Å². The second-order valence-electron chi connectivity index (χ2n) is 7.55. The number of rotatable bonds is 4. The van der Waals surface area contributed by atoms with Gasteiger partial charge in [0.1, 0.15) is 0 Å². The van der Waals surface area contributed by atoms with Gasteiger partial charge in [-0.1, -0.05) is 0 Å². The molecule has 0 aromatic carbocycles. The fourth-order valence-corrected chi connectivity index (χ4v) is 5.50. The van der Waals surface area contributed by atoms with Gasteiger partial charge in [-0.15, -0.1) is 0 Å². The lowest BCUT2D eigenvalue weighted by molar-refractivity contribution is -0.0768. The minimum atomic E-state index is 0.313. The van der Waals surface area contributed by atoms with Crippen molar-refractivity contribution in [2.75, 3.05) is 20.6 Å². The van der Waals surface area contributed by atoms with E-state index in [0.717, 1.165) is 30.7 Å². The van der Waals surface area contributed by atoms with E-state index >= 15 is 0 Å². The van der Waals surface area contributed by atoms with E-state index in [4.69, 9.17) is 0 Å². The van der Waals surface area contributed by atoms with Crippen LogP contribution in [0, 0.1) is 40.4 Å². The summed E-state index contributed by atoms with van der Waals surface area (Å²) in [6, 6.07) is 2.69. The maximum Gasteiger partial charge on any atom is 0.0662 e. The van der Waals surface area contributed by atoms with Crippen LogP contribution in [0.25, 0.3) is 0 Å². The van der Waals surface area contributed by atoms with E-state index in [1.165, 1.54) is 38.5 Å². The molecule has 0 amide bonds. The Balaban J connectivity index is 1.75. The highest BCUT2D eigenvalue weighted by molar-refractivity contribution is 5.08. The Morgan fingerprint density at radius 2 is 1.61 bits per heavy atom. The molecule has 0 spiro atoms. The van der Waals surface area contributed by atoms with Crippen molar-refractivity contribution >= 4 is 0 Å². The lowest BCUT2D eigenvalue weighted by Crippen LogP contribution is -2.49. The Kier molecular flexibility index (Phi) is 3.14. The molecule has 4 saturated carbocycles. The number of nitrogens with zero attached hydrogens (tertiary/aromatic N) is 2. The largest absolute Gasteiger partial charge is 0.309 e. The third-order valence-electron chi connectivity index (χ3n) is 5.85. The second-order valence-corrected chi connectivity index (χ2v) is 7.55. The highest BCUT2D eigenvalue weighted by atomic mass is 15.0. The molecule has 100 valence electrons. The number of nitriles is 1. The van der Waals surface area contributed by atoms with Crippen molar-refractivity contribution in [3.8, 4) is 6.07 Å². The van der Waals surface area contributed by atoms with Crippen molar-refractivity contribution in [3.63, 3.8) is 0 Å². The van der Waals surface area contributed by atoms with Crippen molar-refractivity contribution < 1.29 is 0 Å². The van der Waals surface area contributed by atoms with Crippen molar-refractivity contribution in [2.24, 2.45) is 29.1 Å². The smallest absolute Gasteiger partial charge is 0.0662 e. The minimum absolute atomic E-state index is 0.313. The van der Waals surface area contributed by atoms with E-state index in [1.807, 2.05) is 0 Å². The number of hydrogen-bond acceptors (Lipinski definition) is 2. The van der Waals surface area contributed by atoms with Crippen LogP contribution < -0.4 is 0 Å². The lowest BCUT2D eigenvalue weighted by atomic mass is 9.46. The maximum atomic E-state index is 9.63. The molecule has 4 rings (SSSR count). The summed E-state index contributed by atoms with van der Waals surface area (Å²) in [6.45, 7) is 1.07. The summed E-state index contributed by atoms with van der Waals surface area (Å²) in [5, 5.41) is 9.63. The molecule has 0 aromatic heterocycles. The standard InChI is InChI=1S/C16H26N2/c1-18(2)4-3-15(11-17)16-8-12-5-13(9-16)7-14(6-12)10-16/h12-15H,3-10H2,1-2H3. The van der Waals surface area contributed by atoms with Gasteiger partial charge in [0.25, 0.3) is 0 Å². The van der Waals surface area contributed by atoms with Crippen LogP contribution in [-0.2, 0) is 0 Å². The Morgan fingerprint density at radius 3 is 2.00 bits per heavy atom. The van der Waals surface area contributed by atoms with Crippen LogP contribution in [0.3, 0.4) is 0 Å². The van der Waals surface area contributed by atoms with Gasteiger partial charge in [0.15, 0.2) is 0 Å². The molecule has 4 fully saturated rings. The van der Waals surface area contributed by atoms with Crippen LogP contribution in [0.4, 0.5) is 0 Å².